The second kappa shape index (κ2) is 6.22. The number of piperidine rings is 1. The zero-order valence-electron chi connectivity index (χ0n) is 12.5. The van der Waals surface area contributed by atoms with Crippen LogP contribution in [0.15, 0.2) is 0 Å². The molecule has 2 atom stereocenters. The first-order valence-corrected chi connectivity index (χ1v) is 8.17. The number of urea groups is 1. The number of likely N-dealkylation sites (tertiary alicyclic amines) is 2. The van der Waals surface area contributed by atoms with Crippen molar-refractivity contribution in [3.05, 3.63) is 0 Å². The summed E-state index contributed by atoms with van der Waals surface area (Å²) in [5.74, 6) is -0.774. The van der Waals surface area contributed by atoms with E-state index < -0.39 is 12.0 Å². The van der Waals surface area contributed by atoms with E-state index >= 15 is 0 Å². The predicted octanol–water partition coefficient (Wildman–Crippen LogP) is 1.12. The molecule has 0 bridgehead atoms. The van der Waals surface area contributed by atoms with Crippen LogP contribution in [0.5, 0.6) is 0 Å². The zero-order valence-corrected chi connectivity index (χ0v) is 12.5. The number of nitrogens with one attached hydrogen (secondary N) is 1. The van der Waals surface area contributed by atoms with Gasteiger partial charge in [0, 0.05) is 19.1 Å². The Morgan fingerprint density at radius 2 is 1.76 bits per heavy atom. The molecule has 0 aromatic rings. The third-order valence-electron chi connectivity index (χ3n) is 5.00. The Kier molecular flexibility index (Phi) is 4.33. The quantitative estimate of drug-likeness (QED) is 0.815. The van der Waals surface area contributed by atoms with Gasteiger partial charge < -0.3 is 15.3 Å². The average molecular weight is 295 g/mol. The molecule has 6 nitrogen and oxygen atoms in total. The van der Waals surface area contributed by atoms with Crippen LogP contribution < -0.4 is 5.32 Å². The van der Waals surface area contributed by atoms with E-state index in [1.165, 1.54) is 19.3 Å². The summed E-state index contributed by atoms with van der Waals surface area (Å²) in [6, 6.07) is -0.444. The van der Waals surface area contributed by atoms with Crippen LogP contribution in [0.1, 0.15) is 38.5 Å². The highest BCUT2D eigenvalue weighted by Gasteiger charge is 2.39. The maximum absolute atomic E-state index is 12.3. The van der Waals surface area contributed by atoms with Gasteiger partial charge >= 0.3 is 12.0 Å². The number of hydrogen-bond acceptors (Lipinski definition) is 3. The summed E-state index contributed by atoms with van der Waals surface area (Å²) in [7, 11) is 0. The van der Waals surface area contributed by atoms with Crippen molar-refractivity contribution in [3.8, 4) is 0 Å². The van der Waals surface area contributed by atoms with Gasteiger partial charge in [-0.15, -0.1) is 0 Å². The van der Waals surface area contributed by atoms with Gasteiger partial charge in [-0.2, -0.15) is 0 Å². The summed E-state index contributed by atoms with van der Waals surface area (Å²) in [5.41, 5.74) is 0. The molecular formula is C15H25N3O3. The molecular weight excluding hydrogens is 270 g/mol. The smallest absolute Gasteiger partial charge is 0.326 e. The highest BCUT2D eigenvalue weighted by Crippen LogP contribution is 2.33. The summed E-state index contributed by atoms with van der Waals surface area (Å²) in [5, 5.41) is 11.9. The van der Waals surface area contributed by atoms with Crippen LogP contribution in [-0.2, 0) is 4.79 Å². The van der Waals surface area contributed by atoms with Gasteiger partial charge in [-0.05, 0) is 51.1 Å². The summed E-state index contributed by atoms with van der Waals surface area (Å²) in [4.78, 5) is 27.7. The summed E-state index contributed by atoms with van der Waals surface area (Å²) >= 11 is 0. The molecule has 2 amide bonds. The van der Waals surface area contributed by atoms with Gasteiger partial charge in [0.2, 0.25) is 0 Å². The number of carboxylic acids is 1. The van der Waals surface area contributed by atoms with Crippen molar-refractivity contribution in [1.29, 1.82) is 0 Å². The largest absolute Gasteiger partial charge is 0.480 e. The van der Waals surface area contributed by atoms with Crippen molar-refractivity contribution in [3.63, 3.8) is 0 Å². The second-order valence-corrected chi connectivity index (χ2v) is 6.59. The Morgan fingerprint density at radius 1 is 1.05 bits per heavy atom. The van der Waals surface area contributed by atoms with Crippen LogP contribution in [0, 0.1) is 5.92 Å². The lowest BCUT2D eigenvalue weighted by atomic mass is 10.1. The molecule has 2 N–H and O–H groups in total. The number of carbonyl (C=O) groups is 2. The second-order valence-electron chi connectivity index (χ2n) is 6.59. The number of carboxylic acid groups (broad SMARTS) is 1. The molecule has 3 fully saturated rings. The fourth-order valence-corrected chi connectivity index (χ4v) is 3.54. The number of rotatable bonds is 4. The van der Waals surface area contributed by atoms with Gasteiger partial charge in [0.25, 0.3) is 0 Å². The van der Waals surface area contributed by atoms with E-state index in [1.807, 2.05) is 0 Å². The first kappa shape index (κ1) is 14.6. The summed E-state index contributed by atoms with van der Waals surface area (Å²) in [6.45, 7) is 3.76. The van der Waals surface area contributed by atoms with Crippen LogP contribution in [0.3, 0.4) is 0 Å². The lowest BCUT2D eigenvalue weighted by Crippen LogP contribution is -2.49. The number of hydrogen-bond donors (Lipinski definition) is 2. The molecule has 0 aromatic heterocycles. The summed E-state index contributed by atoms with van der Waals surface area (Å²) < 4.78 is 0. The Bertz CT molecular complexity index is 405. The molecule has 3 rings (SSSR count). The molecule has 2 aliphatic heterocycles. The molecule has 2 saturated heterocycles. The molecule has 1 saturated carbocycles. The standard InChI is InChI=1S/C15H25N3O3/c19-14(20)13(11-4-5-11)16-15(21)18-9-6-12(10-18)17-7-2-1-3-8-17/h11-13H,1-10H2,(H,16,21)(H,19,20). The van der Waals surface area contributed by atoms with Crippen LogP contribution in [0.25, 0.3) is 0 Å². The first-order chi connectivity index (χ1) is 10.1. The number of aliphatic carboxylic acids is 1. The molecule has 1 aliphatic carbocycles. The third kappa shape index (κ3) is 3.48. The lowest BCUT2D eigenvalue weighted by molar-refractivity contribution is -0.139. The molecule has 118 valence electrons. The van der Waals surface area contributed by atoms with Crippen LogP contribution in [-0.4, -0.2) is 65.2 Å². The molecule has 21 heavy (non-hydrogen) atoms. The Labute approximate surface area is 125 Å². The number of carbonyl (C=O) groups excluding carboxylic acids is 1. The Morgan fingerprint density at radius 3 is 2.38 bits per heavy atom. The van der Waals surface area contributed by atoms with E-state index in [-0.39, 0.29) is 11.9 Å². The monoisotopic (exact) mass is 295 g/mol. The van der Waals surface area contributed by atoms with Gasteiger partial charge in [0.05, 0.1) is 0 Å². The van der Waals surface area contributed by atoms with Crippen LogP contribution >= 0.6 is 0 Å². The van der Waals surface area contributed by atoms with Gasteiger partial charge in [0.15, 0.2) is 0 Å². The summed E-state index contributed by atoms with van der Waals surface area (Å²) in [6.07, 6.45) is 6.65. The van der Waals surface area contributed by atoms with Crippen LogP contribution in [0.2, 0.25) is 0 Å². The van der Waals surface area contributed by atoms with Gasteiger partial charge in [-0.1, -0.05) is 6.42 Å². The zero-order chi connectivity index (χ0) is 14.8. The minimum atomic E-state index is -0.905. The predicted molar refractivity (Wildman–Crippen MR) is 78.1 cm³/mol. The highest BCUT2D eigenvalue weighted by atomic mass is 16.4. The van der Waals surface area contributed by atoms with Crippen molar-refractivity contribution in [2.75, 3.05) is 26.2 Å². The molecule has 3 aliphatic rings. The molecule has 0 spiro atoms. The molecule has 2 unspecified atom stereocenters. The maximum atomic E-state index is 12.3. The van der Waals surface area contributed by atoms with Crippen molar-refractivity contribution in [2.45, 2.75) is 50.6 Å². The van der Waals surface area contributed by atoms with Crippen LogP contribution in [0.4, 0.5) is 4.79 Å². The lowest BCUT2D eigenvalue weighted by Gasteiger charge is -2.32. The molecule has 2 heterocycles. The van der Waals surface area contributed by atoms with E-state index in [0.717, 1.165) is 45.4 Å². The SMILES string of the molecule is O=C(O)C(NC(=O)N1CCC(N2CCCCC2)C1)C1CC1. The van der Waals surface area contributed by atoms with Gasteiger partial charge in [-0.3, -0.25) is 4.90 Å². The van der Waals surface area contributed by atoms with E-state index in [4.69, 9.17) is 0 Å². The van der Waals surface area contributed by atoms with E-state index in [0.29, 0.717) is 6.04 Å². The molecule has 6 heteroatoms. The minimum Gasteiger partial charge on any atom is -0.480 e. The van der Waals surface area contributed by atoms with Gasteiger partial charge in [-0.25, -0.2) is 9.59 Å². The third-order valence-corrected chi connectivity index (χ3v) is 5.00. The highest BCUT2D eigenvalue weighted by molar-refractivity contribution is 5.83. The number of nitrogens with zero attached hydrogens (tertiary/aromatic N) is 2. The minimum absolute atomic E-state index is 0.131. The molecule has 0 radical (unpaired) electrons. The Balaban J connectivity index is 1.50. The van der Waals surface area contributed by atoms with Crippen molar-refractivity contribution in [2.24, 2.45) is 5.92 Å². The fourth-order valence-electron chi connectivity index (χ4n) is 3.54. The molecule has 0 aromatic carbocycles. The number of amides is 2. The fraction of sp³-hybridized carbons (Fsp3) is 0.867. The van der Waals surface area contributed by atoms with E-state index in [9.17, 15) is 14.7 Å². The Hall–Kier alpha value is -1.30. The van der Waals surface area contributed by atoms with Crippen molar-refractivity contribution >= 4 is 12.0 Å². The first-order valence-electron chi connectivity index (χ1n) is 8.17. The van der Waals surface area contributed by atoms with E-state index in [2.05, 4.69) is 10.2 Å². The average Bonchev–Trinajstić information content (AvgIpc) is 3.20. The van der Waals surface area contributed by atoms with Crippen molar-refractivity contribution < 1.29 is 14.7 Å². The van der Waals surface area contributed by atoms with Gasteiger partial charge in [0.1, 0.15) is 6.04 Å². The van der Waals surface area contributed by atoms with E-state index in [1.54, 1.807) is 4.90 Å². The normalized spacial score (nSPS) is 28.4. The van der Waals surface area contributed by atoms with Crippen molar-refractivity contribution in [1.82, 2.24) is 15.1 Å². The topological polar surface area (TPSA) is 72.9 Å². The maximum Gasteiger partial charge on any atom is 0.326 e.